The highest BCUT2D eigenvalue weighted by atomic mass is 79.9. The van der Waals surface area contributed by atoms with E-state index in [0.717, 1.165) is 0 Å². The van der Waals surface area contributed by atoms with Crippen LogP contribution in [-0.4, -0.2) is 36.9 Å². The van der Waals surface area contributed by atoms with Crippen LogP contribution in [0.2, 0.25) is 10.2 Å². The Kier molecular flexibility index (Phi) is 6.42. The number of amides is 1. The molecule has 0 radical (unpaired) electrons. The number of aryl methyl sites for hydroxylation is 2. The molecule has 2 heterocycles. The van der Waals surface area contributed by atoms with Crippen molar-refractivity contribution in [1.82, 2.24) is 24.9 Å². The number of rotatable bonds is 7. The molecule has 2 aromatic rings. The van der Waals surface area contributed by atoms with Crippen molar-refractivity contribution in [3.05, 3.63) is 36.2 Å². The van der Waals surface area contributed by atoms with Gasteiger partial charge < -0.3 is 15.4 Å². The van der Waals surface area contributed by atoms with Crippen LogP contribution < -0.4 is 5.32 Å². The third kappa shape index (κ3) is 4.50. The molecule has 0 saturated heterocycles. The molecule has 0 aliphatic heterocycles. The smallest absolute Gasteiger partial charge is 0.358 e. The fourth-order valence-corrected chi connectivity index (χ4v) is 2.93. The quantitative estimate of drug-likeness (QED) is 0.394. The zero-order chi connectivity index (χ0) is 18.7. The van der Waals surface area contributed by atoms with E-state index in [9.17, 15) is 14.9 Å². The Morgan fingerprint density at radius 2 is 2.00 bits per heavy atom. The predicted octanol–water partition coefficient (Wildman–Crippen LogP) is 2.88. The topological polar surface area (TPSA) is 108 Å². The van der Waals surface area contributed by atoms with Crippen molar-refractivity contribution in [2.75, 3.05) is 6.54 Å². The first-order valence-corrected chi connectivity index (χ1v) is 8.79. The number of carbonyl (C=O) groups excluding carboxylic acids is 1. The van der Waals surface area contributed by atoms with Gasteiger partial charge in [-0.05, 0) is 41.1 Å². The first-order valence-electron chi connectivity index (χ1n) is 7.24. The normalized spacial score (nSPS) is 10.9. The van der Waals surface area contributed by atoms with Crippen LogP contribution in [0.4, 0.5) is 5.82 Å². The lowest BCUT2D eigenvalue weighted by atomic mass is 10.4. The molecule has 2 aromatic heterocycles. The Hall–Kier alpha value is -1.65. The summed E-state index contributed by atoms with van der Waals surface area (Å²) in [6, 6.07) is 0. The van der Waals surface area contributed by atoms with Gasteiger partial charge in [0.2, 0.25) is 5.91 Å². The molecule has 0 aliphatic carbocycles. The number of nitrogens with one attached hydrogen (secondary N) is 1. The fourth-order valence-electron chi connectivity index (χ4n) is 2.11. The Morgan fingerprint density at radius 3 is 2.52 bits per heavy atom. The van der Waals surface area contributed by atoms with Crippen LogP contribution >= 0.6 is 39.1 Å². The molecule has 0 aliphatic rings. The van der Waals surface area contributed by atoms with Crippen molar-refractivity contribution in [2.24, 2.45) is 0 Å². The molecule has 9 nitrogen and oxygen atoms in total. The second-order valence-corrected chi connectivity index (χ2v) is 6.78. The molecule has 0 unspecified atom stereocenters. The summed E-state index contributed by atoms with van der Waals surface area (Å²) in [5.74, 6) is -0.611. The van der Waals surface area contributed by atoms with Gasteiger partial charge in [0, 0.05) is 13.1 Å². The first-order chi connectivity index (χ1) is 11.7. The Labute approximate surface area is 161 Å². The minimum absolute atomic E-state index is 0.105. The number of hydrogen-bond acceptors (Lipinski definition) is 5. The number of carbonyl (C=O) groups is 1. The molecule has 0 fully saturated rings. The van der Waals surface area contributed by atoms with Crippen LogP contribution in [0, 0.1) is 24.0 Å². The van der Waals surface area contributed by atoms with E-state index in [1.807, 2.05) is 0 Å². The average Bonchev–Trinajstić information content (AvgIpc) is 2.97. The SMILES string of the molecule is Cc1nn(CCCNC(=O)Cn2nc([N+](=O)[O-])c(Br)c2C)c(Cl)c1Cl. The Morgan fingerprint density at radius 1 is 1.32 bits per heavy atom. The van der Waals surface area contributed by atoms with Crippen molar-refractivity contribution in [1.29, 1.82) is 0 Å². The van der Waals surface area contributed by atoms with Gasteiger partial charge in [0.15, 0.2) is 0 Å². The highest BCUT2D eigenvalue weighted by molar-refractivity contribution is 9.10. The largest absolute Gasteiger partial charge is 0.404 e. The van der Waals surface area contributed by atoms with Crippen LogP contribution in [0.3, 0.4) is 0 Å². The maximum absolute atomic E-state index is 12.0. The minimum Gasteiger partial charge on any atom is -0.358 e. The van der Waals surface area contributed by atoms with Crippen molar-refractivity contribution in [3.8, 4) is 0 Å². The van der Waals surface area contributed by atoms with Crippen LogP contribution in [0.5, 0.6) is 0 Å². The van der Waals surface area contributed by atoms with Gasteiger partial charge in [0.25, 0.3) is 0 Å². The molecule has 0 saturated carbocycles. The maximum Gasteiger partial charge on any atom is 0.404 e. The monoisotopic (exact) mass is 452 g/mol. The van der Waals surface area contributed by atoms with Gasteiger partial charge in [-0.15, -0.1) is 0 Å². The first kappa shape index (κ1) is 19.7. The summed E-state index contributed by atoms with van der Waals surface area (Å²) in [4.78, 5) is 22.2. The molecule has 0 aromatic carbocycles. The second kappa shape index (κ2) is 8.15. The lowest BCUT2D eigenvalue weighted by Crippen LogP contribution is -2.29. The molecule has 136 valence electrons. The molecule has 25 heavy (non-hydrogen) atoms. The van der Waals surface area contributed by atoms with E-state index in [1.54, 1.807) is 18.5 Å². The third-order valence-electron chi connectivity index (χ3n) is 3.45. The molecule has 0 atom stereocenters. The van der Waals surface area contributed by atoms with Gasteiger partial charge in [-0.2, -0.15) is 9.78 Å². The summed E-state index contributed by atoms with van der Waals surface area (Å²) in [6.07, 6.45) is 0.602. The van der Waals surface area contributed by atoms with Crippen LogP contribution in [0.1, 0.15) is 17.8 Å². The van der Waals surface area contributed by atoms with E-state index in [2.05, 4.69) is 31.4 Å². The number of nitro groups is 1. The standard InChI is InChI=1S/C13H15BrCl2N6O3/c1-7-11(15)12(16)20(18-7)5-3-4-17-9(23)6-21-8(2)10(14)13(19-21)22(24)25/h3-6H2,1-2H3,(H,17,23). The molecule has 1 amide bonds. The zero-order valence-corrected chi connectivity index (χ0v) is 16.5. The Balaban J connectivity index is 1.84. The molecule has 12 heteroatoms. The van der Waals surface area contributed by atoms with E-state index < -0.39 is 4.92 Å². The van der Waals surface area contributed by atoms with Gasteiger partial charge in [0.05, 0.1) is 16.5 Å². The summed E-state index contributed by atoms with van der Waals surface area (Å²) in [7, 11) is 0. The summed E-state index contributed by atoms with van der Waals surface area (Å²) in [5, 5.41) is 22.4. The minimum atomic E-state index is -0.605. The molecule has 2 rings (SSSR count). The highest BCUT2D eigenvalue weighted by Crippen LogP contribution is 2.27. The van der Waals surface area contributed by atoms with E-state index in [0.29, 0.717) is 41.1 Å². The van der Waals surface area contributed by atoms with Crippen LogP contribution in [-0.2, 0) is 17.9 Å². The van der Waals surface area contributed by atoms with Crippen LogP contribution in [0.25, 0.3) is 0 Å². The van der Waals surface area contributed by atoms with Crippen molar-refractivity contribution < 1.29 is 9.72 Å². The highest BCUT2D eigenvalue weighted by Gasteiger charge is 2.24. The number of aromatic nitrogens is 4. The zero-order valence-electron chi connectivity index (χ0n) is 13.4. The number of halogens is 3. The van der Waals surface area contributed by atoms with E-state index in [4.69, 9.17) is 23.2 Å². The van der Waals surface area contributed by atoms with Gasteiger partial charge >= 0.3 is 5.82 Å². The molecule has 0 bridgehead atoms. The van der Waals surface area contributed by atoms with E-state index >= 15 is 0 Å². The lowest BCUT2D eigenvalue weighted by Gasteiger charge is -2.06. The summed E-state index contributed by atoms with van der Waals surface area (Å²) < 4.78 is 3.13. The van der Waals surface area contributed by atoms with Crippen molar-refractivity contribution in [3.63, 3.8) is 0 Å². The average molecular weight is 454 g/mol. The van der Waals surface area contributed by atoms with Gasteiger partial charge in [-0.25, -0.2) is 0 Å². The van der Waals surface area contributed by atoms with Gasteiger partial charge in [-0.3, -0.25) is 9.48 Å². The number of nitrogens with zero attached hydrogens (tertiary/aromatic N) is 5. The fraction of sp³-hybridized carbons (Fsp3) is 0.462. The third-order valence-corrected chi connectivity index (χ3v) is 5.31. The van der Waals surface area contributed by atoms with Crippen molar-refractivity contribution in [2.45, 2.75) is 33.4 Å². The predicted molar refractivity (Wildman–Crippen MR) is 95.9 cm³/mol. The Bertz CT molecular complexity index is 819. The van der Waals surface area contributed by atoms with E-state index in [-0.39, 0.29) is 22.7 Å². The van der Waals surface area contributed by atoms with E-state index in [1.165, 1.54) is 4.68 Å². The maximum atomic E-state index is 12.0. The molecule has 1 N–H and O–H groups in total. The summed E-state index contributed by atoms with van der Waals surface area (Å²) in [5.41, 5.74) is 1.16. The van der Waals surface area contributed by atoms with Crippen LogP contribution in [0.15, 0.2) is 4.47 Å². The second-order valence-electron chi connectivity index (χ2n) is 5.25. The number of hydrogen-bond donors (Lipinski definition) is 1. The van der Waals surface area contributed by atoms with Gasteiger partial charge in [-0.1, -0.05) is 23.2 Å². The molecular weight excluding hydrogens is 439 g/mol. The summed E-state index contributed by atoms with van der Waals surface area (Å²) >= 11 is 15.1. The van der Waals surface area contributed by atoms with Crippen molar-refractivity contribution >= 4 is 50.9 Å². The molecule has 0 spiro atoms. The van der Waals surface area contributed by atoms with Gasteiger partial charge in [0.1, 0.15) is 21.2 Å². The lowest BCUT2D eigenvalue weighted by molar-refractivity contribution is -0.390. The summed E-state index contributed by atoms with van der Waals surface area (Å²) in [6.45, 7) is 4.20. The molecular formula is C13H15BrCl2N6O3.